The van der Waals surface area contributed by atoms with Gasteiger partial charge in [-0.05, 0) is 6.54 Å². The lowest BCUT2D eigenvalue weighted by Crippen LogP contribution is -2.25. The fourth-order valence-corrected chi connectivity index (χ4v) is 2.49. The molecular formula is C12H11NO2. The van der Waals surface area contributed by atoms with E-state index in [4.69, 9.17) is 0 Å². The first kappa shape index (κ1) is 8.80. The van der Waals surface area contributed by atoms with Crippen LogP contribution in [0.15, 0.2) is 24.3 Å². The van der Waals surface area contributed by atoms with Gasteiger partial charge in [-0.1, -0.05) is 31.2 Å². The molecule has 1 aliphatic carbocycles. The van der Waals surface area contributed by atoms with Crippen LogP contribution in [0.2, 0.25) is 0 Å². The van der Waals surface area contributed by atoms with E-state index in [0.717, 1.165) is 6.54 Å². The molecule has 76 valence electrons. The van der Waals surface area contributed by atoms with Crippen LogP contribution in [-0.2, 0) is 0 Å². The van der Waals surface area contributed by atoms with Crippen LogP contribution in [0.4, 0.5) is 0 Å². The molecule has 0 saturated carbocycles. The van der Waals surface area contributed by atoms with Gasteiger partial charge in [0, 0.05) is 11.1 Å². The van der Waals surface area contributed by atoms with Crippen molar-refractivity contribution in [3.05, 3.63) is 35.4 Å². The van der Waals surface area contributed by atoms with Gasteiger partial charge in [-0.2, -0.15) is 0 Å². The minimum atomic E-state index is -0.169. The van der Waals surface area contributed by atoms with Crippen molar-refractivity contribution in [2.24, 2.45) is 0 Å². The molecule has 0 aromatic heterocycles. The number of Topliss-reactive ketones (excluding diaryl/α,β-unsaturated/α-hetero) is 2. The Morgan fingerprint density at radius 1 is 1.07 bits per heavy atom. The molecule has 3 atom stereocenters. The lowest BCUT2D eigenvalue weighted by molar-refractivity contribution is 0.0922. The van der Waals surface area contributed by atoms with E-state index in [0.29, 0.717) is 11.1 Å². The van der Waals surface area contributed by atoms with E-state index in [1.165, 1.54) is 0 Å². The third kappa shape index (κ3) is 0.984. The SMILES string of the molecule is CCN1[C@@H]2C(=O)c3ccccc3C(=O)[C@@H]21. The number of nitrogens with zero attached hydrogens (tertiary/aromatic N) is 1. The fourth-order valence-electron chi connectivity index (χ4n) is 2.49. The average molecular weight is 201 g/mol. The van der Waals surface area contributed by atoms with Gasteiger partial charge in [-0.15, -0.1) is 0 Å². The summed E-state index contributed by atoms with van der Waals surface area (Å²) >= 11 is 0. The van der Waals surface area contributed by atoms with Gasteiger partial charge in [0.25, 0.3) is 0 Å². The lowest BCUT2D eigenvalue weighted by Gasteiger charge is -2.09. The molecule has 1 saturated heterocycles. The zero-order valence-electron chi connectivity index (χ0n) is 8.43. The van der Waals surface area contributed by atoms with Crippen LogP contribution < -0.4 is 0 Å². The summed E-state index contributed by atoms with van der Waals surface area (Å²) in [6.45, 7) is 2.74. The van der Waals surface area contributed by atoms with E-state index >= 15 is 0 Å². The molecule has 0 spiro atoms. The van der Waals surface area contributed by atoms with E-state index in [-0.39, 0.29) is 23.7 Å². The molecule has 2 aliphatic rings. The van der Waals surface area contributed by atoms with Crippen LogP contribution in [0.5, 0.6) is 0 Å². The van der Waals surface area contributed by atoms with Crippen LogP contribution in [-0.4, -0.2) is 35.1 Å². The van der Waals surface area contributed by atoms with Gasteiger partial charge in [-0.25, -0.2) is 0 Å². The molecule has 0 bridgehead atoms. The number of benzene rings is 1. The highest BCUT2D eigenvalue weighted by Gasteiger charge is 2.59. The van der Waals surface area contributed by atoms with Crippen molar-refractivity contribution < 1.29 is 9.59 Å². The minimum Gasteiger partial charge on any atom is -0.292 e. The zero-order valence-corrected chi connectivity index (χ0v) is 8.43. The highest BCUT2D eigenvalue weighted by atomic mass is 16.2. The second kappa shape index (κ2) is 2.76. The van der Waals surface area contributed by atoms with Crippen molar-refractivity contribution in [3.63, 3.8) is 0 Å². The third-order valence-electron chi connectivity index (χ3n) is 3.28. The van der Waals surface area contributed by atoms with Gasteiger partial charge in [0.2, 0.25) is 0 Å². The molecule has 3 heteroatoms. The Morgan fingerprint density at radius 2 is 1.53 bits per heavy atom. The monoisotopic (exact) mass is 201 g/mol. The summed E-state index contributed by atoms with van der Waals surface area (Å²) in [6, 6.07) is 6.77. The van der Waals surface area contributed by atoms with Crippen molar-refractivity contribution in [1.29, 1.82) is 0 Å². The first-order chi connectivity index (χ1) is 7.25. The summed E-state index contributed by atoms with van der Waals surface area (Å²) in [5.74, 6) is 0.217. The summed E-state index contributed by atoms with van der Waals surface area (Å²) < 4.78 is 0. The summed E-state index contributed by atoms with van der Waals surface area (Å²) in [4.78, 5) is 25.9. The molecule has 1 heterocycles. The number of carbonyl (C=O) groups excluding carboxylic acids is 2. The maximum absolute atomic E-state index is 12.0. The van der Waals surface area contributed by atoms with Crippen molar-refractivity contribution >= 4 is 11.6 Å². The van der Waals surface area contributed by atoms with E-state index < -0.39 is 0 Å². The van der Waals surface area contributed by atoms with Crippen molar-refractivity contribution in [2.45, 2.75) is 19.0 Å². The van der Waals surface area contributed by atoms with Gasteiger partial charge < -0.3 is 0 Å². The van der Waals surface area contributed by atoms with Gasteiger partial charge in [0.1, 0.15) is 0 Å². The summed E-state index contributed by atoms with van der Waals surface area (Å²) in [6.07, 6.45) is 0. The maximum atomic E-state index is 12.0. The van der Waals surface area contributed by atoms with Crippen molar-refractivity contribution in [2.75, 3.05) is 6.54 Å². The topological polar surface area (TPSA) is 37.1 Å². The molecule has 0 amide bonds. The number of fused-ring (bicyclic) bond motifs is 2. The Bertz CT molecular complexity index is 425. The second-order valence-corrected chi connectivity index (χ2v) is 3.99. The average Bonchev–Trinajstić information content (AvgIpc) is 3.00. The number of hydrogen-bond donors (Lipinski definition) is 0. The molecule has 1 aromatic carbocycles. The van der Waals surface area contributed by atoms with Gasteiger partial charge >= 0.3 is 0 Å². The van der Waals surface area contributed by atoms with E-state index in [2.05, 4.69) is 0 Å². The van der Waals surface area contributed by atoms with Crippen LogP contribution in [0.3, 0.4) is 0 Å². The highest BCUT2D eigenvalue weighted by molar-refractivity contribution is 6.22. The lowest BCUT2D eigenvalue weighted by atomic mass is 9.90. The fraction of sp³-hybridized carbons (Fsp3) is 0.333. The Morgan fingerprint density at radius 3 is 1.93 bits per heavy atom. The molecule has 15 heavy (non-hydrogen) atoms. The quantitative estimate of drug-likeness (QED) is 0.639. The minimum absolute atomic E-state index is 0.108. The van der Waals surface area contributed by atoms with Crippen LogP contribution in [0, 0.1) is 0 Å². The Hall–Kier alpha value is -1.48. The van der Waals surface area contributed by atoms with Crippen molar-refractivity contribution in [1.82, 2.24) is 4.90 Å². The first-order valence-electron chi connectivity index (χ1n) is 5.19. The molecule has 0 N–H and O–H groups in total. The molecule has 1 aliphatic heterocycles. The summed E-state index contributed by atoms with van der Waals surface area (Å²) in [5, 5.41) is 0. The number of hydrogen-bond acceptors (Lipinski definition) is 3. The maximum Gasteiger partial charge on any atom is 0.182 e. The normalized spacial score (nSPS) is 32.2. The molecule has 1 unspecified atom stereocenters. The summed E-state index contributed by atoms with van der Waals surface area (Å²) in [5.41, 5.74) is 1.19. The first-order valence-corrected chi connectivity index (χ1v) is 5.19. The predicted octanol–water partition coefficient (Wildman–Crippen LogP) is 1.14. The highest BCUT2D eigenvalue weighted by Crippen LogP contribution is 2.38. The Labute approximate surface area is 87.7 Å². The molecule has 1 aromatic rings. The van der Waals surface area contributed by atoms with Gasteiger partial charge in [-0.3, -0.25) is 14.5 Å². The number of rotatable bonds is 1. The standard InChI is InChI=1S/C12H11NO2/c1-2-13-9-10(13)12(15)8-6-4-3-5-7(8)11(9)14/h3-6,9-10H,2H2,1H3/t9-,10+,13?. The molecular weight excluding hydrogens is 190 g/mol. The van der Waals surface area contributed by atoms with Gasteiger partial charge in [0.05, 0.1) is 12.1 Å². The Kier molecular flexibility index (Phi) is 1.62. The van der Waals surface area contributed by atoms with Crippen LogP contribution in [0.25, 0.3) is 0 Å². The number of ketones is 2. The molecule has 1 fully saturated rings. The van der Waals surface area contributed by atoms with Gasteiger partial charge in [0.15, 0.2) is 11.6 Å². The summed E-state index contributed by atoms with van der Waals surface area (Å²) in [7, 11) is 0. The molecule has 3 rings (SSSR count). The van der Waals surface area contributed by atoms with E-state index in [9.17, 15) is 9.59 Å². The number of likely N-dealkylation sites (N-methyl/N-ethyl adjacent to an activating group) is 1. The van der Waals surface area contributed by atoms with Crippen LogP contribution in [0.1, 0.15) is 27.6 Å². The third-order valence-corrected chi connectivity index (χ3v) is 3.28. The second-order valence-electron chi connectivity index (χ2n) is 3.99. The smallest absolute Gasteiger partial charge is 0.182 e. The molecule has 3 nitrogen and oxygen atoms in total. The molecule has 0 radical (unpaired) electrons. The largest absolute Gasteiger partial charge is 0.292 e. The van der Waals surface area contributed by atoms with E-state index in [1.54, 1.807) is 12.1 Å². The van der Waals surface area contributed by atoms with Crippen LogP contribution >= 0.6 is 0 Å². The van der Waals surface area contributed by atoms with E-state index in [1.807, 2.05) is 24.0 Å². The predicted molar refractivity (Wildman–Crippen MR) is 55.1 cm³/mol. The Balaban J connectivity index is 2.12. The zero-order chi connectivity index (χ0) is 10.6. The number of carbonyl (C=O) groups is 2. The van der Waals surface area contributed by atoms with Crippen molar-refractivity contribution in [3.8, 4) is 0 Å².